The third kappa shape index (κ3) is 1.54. The Balaban J connectivity index is 2.28. The number of rotatable bonds is 1. The maximum Gasteiger partial charge on any atom is 0.248 e. The highest BCUT2D eigenvalue weighted by Crippen LogP contribution is 2.24. The molecule has 17 heavy (non-hydrogen) atoms. The first kappa shape index (κ1) is 9.84. The number of benzene rings is 1. The number of nitrogens with one attached hydrogen (secondary N) is 1. The standard InChI is InChI=1S/C13H11N3O/c14-13(17)8-1-2-10-11-7-15-4-3-9(11)6-16-12(10)5-8/h1-6,15H,7H2,(H2,14,17). The van der Waals surface area contributed by atoms with Gasteiger partial charge in [0.1, 0.15) is 0 Å². The highest BCUT2D eigenvalue weighted by atomic mass is 16.1. The van der Waals surface area contributed by atoms with Gasteiger partial charge in [0.2, 0.25) is 5.91 Å². The van der Waals surface area contributed by atoms with Gasteiger partial charge in [0, 0.05) is 23.7 Å². The molecule has 0 saturated carbocycles. The van der Waals surface area contributed by atoms with Crippen LogP contribution in [0.1, 0.15) is 21.5 Å². The van der Waals surface area contributed by atoms with Crippen molar-refractivity contribution < 1.29 is 4.79 Å². The number of pyridine rings is 1. The quantitative estimate of drug-likeness (QED) is 0.771. The number of primary amides is 1. The summed E-state index contributed by atoms with van der Waals surface area (Å²) in [6.45, 7) is 0.779. The maximum absolute atomic E-state index is 11.1. The predicted molar refractivity (Wildman–Crippen MR) is 66.1 cm³/mol. The molecule has 3 N–H and O–H groups in total. The van der Waals surface area contributed by atoms with E-state index in [0.29, 0.717) is 5.56 Å². The van der Waals surface area contributed by atoms with Crippen molar-refractivity contribution in [1.82, 2.24) is 10.3 Å². The lowest BCUT2D eigenvalue weighted by molar-refractivity contribution is 0.100. The fourth-order valence-corrected chi connectivity index (χ4v) is 2.07. The van der Waals surface area contributed by atoms with E-state index in [4.69, 9.17) is 5.73 Å². The summed E-state index contributed by atoms with van der Waals surface area (Å²) < 4.78 is 0. The fourth-order valence-electron chi connectivity index (χ4n) is 2.07. The van der Waals surface area contributed by atoms with Crippen molar-refractivity contribution in [2.75, 3.05) is 0 Å². The minimum atomic E-state index is -0.426. The summed E-state index contributed by atoms with van der Waals surface area (Å²) in [4.78, 5) is 15.5. The Hall–Kier alpha value is -2.36. The van der Waals surface area contributed by atoms with Crippen molar-refractivity contribution in [2.45, 2.75) is 6.54 Å². The normalized spacial score (nSPS) is 13.2. The second kappa shape index (κ2) is 3.59. The zero-order valence-corrected chi connectivity index (χ0v) is 9.10. The Kier molecular flexibility index (Phi) is 2.08. The average molecular weight is 225 g/mol. The van der Waals surface area contributed by atoms with Crippen LogP contribution in [-0.4, -0.2) is 10.9 Å². The number of hydrogen-bond acceptors (Lipinski definition) is 3. The Bertz CT molecular complexity index is 646. The van der Waals surface area contributed by atoms with Crippen LogP contribution in [-0.2, 0) is 6.54 Å². The molecule has 0 fully saturated rings. The van der Waals surface area contributed by atoms with Crippen LogP contribution in [0, 0.1) is 0 Å². The summed E-state index contributed by atoms with van der Waals surface area (Å²) in [6, 6.07) is 5.38. The molecule has 0 bridgehead atoms. The Morgan fingerprint density at radius 1 is 1.41 bits per heavy atom. The molecule has 1 aromatic heterocycles. The second-order valence-electron chi connectivity index (χ2n) is 4.00. The lowest BCUT2D eigenvalue weighted by Crippen LogP contribution is -2.13. The molecule has 3 rings (SSSR count). The minimum Gasteiger partial charge on any atom is -0.387 e. The first-order chi connectivity index (χ1) is 8.25. The van der Waals surface area contributed by atoms with E-state index in [2.05, 4.69) is 10.3 Å². The summed E-state index contributed by atoms with van der Waals surface area (Å²) in [5.41, 5.74) is 8.86. The van der Waals surface area contributed by atoms with Gasteiger partial charge in [-0.3, -0.25) is 9.78 Å². The molecule has 4 nitrogen and oxygen atoms in total. The number of hydrogen-bond donors (Lipinski definition) is 2. The zero-order valence-electron chi connectivity index (χ0n) is 9.10. The third-order valence-corrected chi connectivity index (χ3v) is 2.96. The molecule has 1 aliphatic rings. The van der Waals surface area contributed by atoms with Crippen LogP contribution in [0.25, 0.3) is 17.0 Å². The molecule has 1 aromatic carbocycles. The smallest absolute Gasteiger partial charge is 0.248 e. The number of nitrogens with two attached hydrogens (primary N) is 1. The Morgan fingerprint density at radius 3 is 3.12 bits per heavy atom. The predicted octanol–water partition coefficient (Wildman–Crippen LogP) is 1.41. The van der Waals surface area contributed by atoms with Crippen molar-refractivity contribution in [3.63, 3.8) is 0 Å². The molecule has 0 radical (unpaired) electrons. The first-order valence-corrected chi connectivity index (χ1v) is 5.37. The molecule has 1 amide bonds. The summed E-state index contributed by atoms with van der Waals surface area (Å²) in [5, 5.41) is 4.23. The van der Waals surface area contributed by atoms with Crippen molar-refractivity contribution in [3.05, 3.63) is 47.3 Å². The highest BCUT2D eigenvalue weighted by Gasteiger charge is 2.10. The van der Waals surface area contributed by atoms with Gasteiger partial charge in [-0.15, -0.1) is 0 Å². The van der Waals surface area contributed by atoms with Gasteiger partial charge in [0.15, 0.2) is 0 Å². The molecule has 0 aliphatic carbocycles. The second-order valence-corrected chi connectivity index (χ2v) is 4.00. The molecule has 0 spiro atoms. The van der Waals surface area contributed by atoms with E-state index in [0.717, 1.165) is 23.0 Å². The summed E-state index contributed by atoms with van der Waals surface area (Å²) in [6.07, 6.45) is 5.72. The monoisotopic (exact) mass is 225 g/mol. The first-order valence-electron chi connectivity index (χ1n) is 5.37. The maximum atomic E-state index is 11.1. The van der Waals surface area contributed by atoms with E-state index < -0.39 is 5.91 Å². The number of fused-ring (bicyclic) bond motifs is 3. The van der Waals surface area contributed by atoms with E-state index >= 15 is 0 Å². The van der Waals surface area contributed by atoms with E-state index in [9.17, 15) is 4.79 Å². The molecule has 2 heterocycles. The van der Waals surface area contributed by atoms with Crippen LogP contribution >= 0.6 is 0 Å². The molecule has 4 heteroatoms. The molecule has 2 aromatic rings. The molecule has 0 atom stereocenters. The minimum absolute atomic E-state index is 0.426. The van der Waals surface area contributed by atoms with Gasteiger partial charge in [-0.1, -0.05) is 6.07 Å². The van der Waals surface area contributed by atoms with Crippen molar-refractivity contribution in [3.8, 4) is 0 Å². The SMILES string of the molecule is NC(=O)c1ccc2c3c(cnc2c1)C=CNC3. The molecular formula is C13H11N3O. The Morgan fingerprint density at radius 2 is 2.29 bits per heavy atom. The summed E-state index contributed by atoms with van der Waals surface area (Å²) in [7, 11) is 0. The fraction of sp³-hybridized carbons (Fsp3) is 0.0769. The number of amides is 1. The van der Waals surface area contributed by atoms with E-state index in [-0.39, 0.29) is 0 Å². The number of carbonyl (C=O) groups excluding carboxylic acids is 1. The van der Waals surface area contributed by atoms with E-state index in [1.54, 1.807) is 12.1 Å². The van der Waals surface area contributed by atoms with Crippen LogP contribution in [0.5, 0.6) is 0 Å². The highest BCUT2D eigenvalue weighted by molar-refractivity contribution is 5.97. The van der Waals surface area contributed by atoms with Gasteiger partial charge in [0.25, 0.3) is 0 Å². The number of carbonyl (C=O) groups is 1. The summed E-state index contributed by atoms with van der Waals surface area (Å²) >= 11 is 0. The van der Waals surface area contributed by atoms with Crippen LogP contribution < -0.4 is 11.1 Å². The third-order valence-electron chi connectivity index (χ3n) is 2.96. The van der Waals surface area contributed by atoms with Gasteiger partial charge in [-0.2, -0.15) is 0 Å². The van der Waals surface area contributed by atoms with Gasteiger partial charge in [0.05, 0.1) is 5.52 Å². The van der Waals surface area contributed by atoms with Gasteiger partial charge in [-0.25, -0.2) is 0 Å². The number of aromatic nitrogens is 1. The van der Waals surface area contributed by atoms with Crippen LogP contribution in [0.3, 0.4) is 0 Å². The summed E-state index contributed by atoms with van der Waals surface area (Å²) in [5.74, 6) is -0.426. The lowest BCUT2D eigenvalue weighted by Gasteiger charge is -2.14. The van der Waals surface area contributed by atoms with Crippen molar-refractivity contribution in [2.24, 2.45) is 5.73 Å². The Labute approximate surface area is 98.1 Å². The van der Waals surface area contributed by atoms with Crippen LogP contribution in [0.4, 0.5) is 0 Å². The van der Waals surface area contributed by atoms with Crippen LogP contribution in [0.15, 0.2) is 30.6 Å². The topological polar surface area (TPSA) is 68.0 Å². The molecule has 0 unspecified atom stereocenters. The lowest BCUT2D eigenvalue weighted by atomic mass is 10.0. The van der Waals surface area contributed by atoms with Crippen molar-refractivity contribution >= 4 is 22.9 Å². The van der Waals surface area contributed by atoms with Crippen molar-refractivity contribution in [1.29, 1.82) is 0 Å². The molecule has 84 valence electrons. The van der Waals surface area contributed by atoms with Crippen LogP contribution in [0.2, 0.25) is 0 Å². The van der Waals surface area contributed by atoms with Gasteiger partial charge < -0.3 is 11.1 Å². The average Bonchev–Trinajstić information content (AvgIpc) is 2.38. The van der Waals surface area contributed by atoms with Gasteiger partial charge in [-0.05, 0) is 35.5 Å². The largest absolute Gasteiger partial charge is 0.387 e. The zero-order chi connectivity index (χ0) is 11.8. The number of nitrogens with zero attached hydrogens (tertiary/aromatic N) is 1. The molecule has 0 saturated heterocycles. The van der Waals surface area contributed by atoms with E-state index in [1.165, 1.54) is 5.56 Å². The molecular weight excluding hydrogens is 214 g/mol. The molecule has 1 aliphatic heterocycles. The van der Waals surface area contributed by atoms with Gasteiger partial charge >= 0.3 is 0 Å². The van der Waals surface area contributed by atoms with E-state index in [1.807, 2.05) is 24.5 Å².